The van der Waals surface area contributed by atoms with Crippen LogP contribution in [0.25, 0.3) is 17.2 Å². The first-order chi connectivity index (χ1) is 18.3. The van der Waals surface area contributed by atoms with Gasteiger partial charge >= 0.3 is 5.97 Å². The lowest BCUT2D eigenvalue weighted by Gasteiger charge is -2.41. The van der Waals surface area contributed by atoms with Crippen molar-refractivity contribution < 1.29 is 19.1 Å². The van der Waals surface area contributed by atoms with Gasteiger partial charge in [-0.2, -0.15) is 11.8 Å². The number of thioether (sulfide) groups is 1. The molecule has 1 saturated heterocycles. The average molecular weight is 557 g/mol. The number of carboxylic acid groups (broad SMARTS) is 1. The van der Waals surface area contributed by atoms with Gasteiger partial charge in [-0.3, -0.25) is 4.79 Å². The first kappa shape index (κ1) is 28.1. The number of amides is 1. The third kappa shape index (κ3) is 6.54. The number of aromatic nitrogens is 2. The van der Waals surface area contributed by atoms with Crippen LogP contribution in [0.1, 0.15) is 33.8 Å². The van der Waals surface area contributed by atoms with Gasteiger partial charge in [0, 0.05) is 29.4 Å². The number of carbonyl (C=O) groups excluding carboxylic acids is 1. The van der Waals surface area contributed by atoms with Gasteiger partial charge in [0.25, 0.3) is 5.91 Å². The summed E-state index contributed by atoms with van der Waals surface area (Å²) in [5.74, 6) is -1.31. The molecule has 1 fully saturated rings. The number of allylic oxidation sites excluding steroid dienone is 1. The summed E-state index contributed by atoms with van der Waals surface area (Å²) in [6.45, 7) is 2.21. The van der Waals surface area contributed by atoms with Crippen LogP contribution < -0.4 is 5.32 Å². The number of carboxylic acids is 1. The summed E-state index contributed by atoms with van der Waals surface area (Å²) in [6, 6.07) is 7.91. The summed E-state index contributed by atoms with van der Waals surface area (Å²) >= 11 is 2.88. The predicted octanol–water partition coefficient (Wildman–Crippen LogP) is 5.11. The number of hydrogen-bond acceptors (Lipinski definition) is 6. The Labute approximate surface area is 230 Å². The van der Waals surface area contributed by atoms with Crippen LogP contribution >= 0.6 is 23.1 Å². The second-order valence-corrected chi connectivity index (χ2v) is 11.7. The fourth-order valence-corrected chi connectivity index (χ4v) is 6.45. The molecule has 0 unspecified atom stereocenters. The maximum atomic E-state index is 13.9. The number of rotatable bonds is 11. The monoisotopic (exact) mass is 556 g/mol. The summed E-state index contributed by atoms with van der Waals surface area (Å²) in [5.41, 5.74) is -0.00302. The van der Waals surface area contributed by atoms with Crippen LogP contribution in [0.15, 0.2) is 55.1 Å². The summed E-state index contributed by atoms with van der Waals surface area (Å²) in [5, 5.41) is 13.5. The highest BCUT2D eigenvalue weighted by Gasteiger charge is 2.47. The number of aliphatic carboxylic acids is 1. The number of imidazole rings is 1. The standard InChI is InChI=1S/C28H33FN4O3S2/c1-32-14-9-21(10-15-32)28(27(35)36,11-17-37-2)31-26(34)25-24(20-5-7-22(29)8-6-20)18-23(38-25)4-3-13-33-16-12-30-19-33/h3-8,12,16,18-19,21H,9-11,13-15,17H2,1-2H3,(H,31,34)(H,35,36)/b4-3+/t28-/m0/s1. The zero-order chi connectivity index (χ0) is 27.1. The Morgan fingerprint density at radius 3 is 2.66 bits per heavy atom. The number of nitrogens with zero attached hydrogens (tertiary/aromatic N) is 3. The van der Waals surface area contributed by atoms with E-state index in [1.165, 1.54) is 23.5 Å². The number of hydrogen-bond donors (Lipinski definition) is 2. The van der Waals surface area contributed by atoms with E-state index in [4.69, 9.17) is 0 Å². The Bertz CT molecular complexity index is 1250. The van der Waals surface area contributed by atoms with Crippen molar-refractivity contribution in [3.05, 3.63) is 70.7 Å². The number of carbonyl (C=O) groups is 2. The highest BCUT2D eigenvalue weighted by Crippen LogP contribution is 2.36. The Balaban J connectivity index is 1.68. The summed E-state index contributed by atoms with van der Waals surface area (Å²) in [6.07, 6.45) is 12.9. The minimum atomic E-state index is -1.36. The molecule has 1 aromatic carbocycles. The Kier molecular flexibility index (Phi) is 9.40. The van der Waals surface area contributed by atoms with Gasteiger partial charge in [0.1, 0.15) is 16.2 Å². The quantitative estimate of drug-likeness (QED) is 0.341. The van der Waals surface area contributed by atoms with Gasteiger partial charge in [0.2, 0.25) is 0 Å². The van der Waals surface area contributed by atoms with Crippen molar-refractivity contribution in [2.24, 2.45) is 5.92 Å². The molecule has 0 radical (unpaired) electrons. The second kappa shape index (κ2) is 12.7. The average Bonchev–Trinajstić information content (AvgIpc) is 3.58. The molecule has 1 amide bonds. The number of nitrogens with one attached hydrogen (secondary N) is 1. The molecule has 0 saturated carbocycles. The molecule has 1 aliphatic heterocycles. The van der Waals surface area contributed by atoms with Crippen LogP contribution in [0.2, 0.25) is 0 Å². The maximum absolute atomic E-state index is 13.9. The topological polar surface area (TPSA) is 87.5 Å². The lowest BCUT2D eigenvalue weighted by Crippen LogP contribution is -2.61. The normalized spacial score (nSPS) is 16.5. The highest BCUT2D eigenvalue weighted by atomic mass is 32.2. The Morgan fingerprint density at radius 2 is 2.03 bits per heavy atom. The number of thiophene rings is 1. The van der Waals surface area contributed by atoms with E-state index in [-0.39, 0.29) is 11.7 Å². The molecule has 2 N–H and O–H groups in total. The molecular formula is C28H33FN4O3S2. The number of piperidine rings is 1. The predicted molar refractivity (Wildman–Crippen MR) is 152 cm³/mol. The zero-order valence-corrected chi connectivity index (χ0v) is 23.2. The van der Waals surface area contributed by atoms with Gasteiger partial charge in [-0.05, 0) is 87.2 Å². The van der Waals surface area contributed by atoms with Gasteiger partial charge in [-0.15, -0.1) is 11.3 Å². The minimum absolute atomic E-state index is 0.170. The third-order valence-electron chi connectivity index (χ3n) is 7.10. The molecule has 4 rings (SSSR count). The highest BCUT2D eigenvalue weighted by molar-refractivity contribution is 7.98. The summed E-state index contributed by atoms with van der Waals surface area (Å²) in [7, 11) is 2.03. The zero-order valence-electron chi connectivity index (χ0n) is 21.6. The van der Waals surface area contributed by atoms with E-state index in [2.05, 4.69) is 15.2 Å². The van der Waals surface area contributed by atoms with Gasteiger partial charge in [0.15, 0.2) is 0 Å². The lowest BCUT2D eigenvalue weighted by atomic mass is 9.75. The molecule has 10 heteroatoms. The minimum Gasteiger partial charge on any atom is -0.479 e. The fraction of sp³-hybridized carbons (Fsp3) is 0.393. The van der Waals surface area contributed by atoms with Crippen molar-refractivity contribution in [1.82, 2.24) is 19.8 Å². The number of likely N-dealkylation sites (tertiary alicyclic amines) is 1. The summed E-state index contributed by atoms with van der Waals surface area (Å²) in [4.78, 5) is 34.2. The van der Waals surface area contributed by atoms with Crippen LogP contribution in [0, 0.1) is 11.7 Å². The largest absolute Gasteiger partial charge is 0.479 e. The van der Waals surface area contributed by atoms with E-state index < -0.39 is 17.4 Å². The molecule has 2 aromatic heterocycles. The Hall–Kier alpha value is -2.95. The number of halogens is 1. The van der Waals surface area contributed by atoms with Gasteiger partial charge < -0.3 is 19.9 Å². The first-order valence-electron chi connectivity index (χ1n) is 12.6. The lowest BCUT2D eigenvalue weighted by molar-refractivity contribution is -0.148. The van der Waals surface area contributed by atoms with Gasteiger partial charge in [-0.1, -0.05) is 18.2 Å². The smallest absolute Gasteiger partial charge is 0.329 e. The third-order valence-corrected chi connectivity index (χ3v) is 8.82. The Morgan fingerprint density at radius 1 is 1.29 bits per heavy atom. The first-order valence-corrected chi connectivity index (χ1v) is 14.8. The molecule has 3 heterocycles. The van der Waals surface area contributed by atoms with E-state index in [9.17, 15) is 19.1 Å². The van der Waals surface area contributed by atoms with E-state index in [0.29, 0.717) is 47.6 Å². The van der Waals surface area contributed by atoms with E-state index in [1.807, 2.05) is 42.3 Å². The number of benzene rings is 1. The second-order valence-electron chi connectivity index (χ2n) is 9.61. The summed E-state index contributed by atoms with van der Waals surface area (Å²) < 4.78 is 15.6. The molecule has 0 aliphatic carbocycles. The molecule has 202 valence electrons. The van der Waals surface area contributed by atoms with Crippen LogP contribution in [-0.4, -0.2) is 69.1 Å². The molecule has 0 spiro atoms. The molecular weight excluding hydrogens is 523 g/mol. The van der Waals surface area contributed by atoms with Crippen molar-refractivity contribution in [1.29, 1.82) is 0 Å². The van der Waals surface area contributed by atoms with Crippen molar-refractivity contribution in [2.75, 3.05) is 32.1 Å². The van der Waals surface area contributed by atoms with Crippen LogP contribution in [0.5, 0.6) is 0 Å². The van der Waals surface area contributed by atoms with Crippen molar-refractivity contribution in [3.8, 4) is 11.1 Å². The van der Waals surface area contributed by atoms with E-state index in [1.54, 1.807) is 36.4 Å². The van der Waals surface area contributed by atoms with Crippen molar-refractivity contribution >= 4 is 41.1 Å². The molecule has 7 nitrogen and oxygen atoms in total. The van der Waals surface area contributed by atoms with Gasteiger partial charge in [-0.25, -0.2) is 14.2 Å². The molecule has 0 bridgehead atoms. The van der Waals surface area contributed by atoms with Crippen LogP contribution in [-0.2, 0) is 11.3 Å². The van der Waals surface area contributed by atoms with Crippen LogP contribution in [0.4, 0.5) is 4.39 Å². The maximum Gasteiger partial charge on any atom is 0.329 e. The van der Waals surface area contributed by atoms with E-state index in [0.717, 1.165) is 18.0 Å². The van der Waals surface area contributed by atoms with E-state index >= 15 is 0 Å². The van der Waals surface area contributed by atoms with Crippen molar-refractivity contribution in [2.45, 2.75) is 31.3 Å². The van der Waals surface area contributed by atoms with Crippen LogP contribution in [0.3, 0.4) is 0 Å². The van der Waals surface area contributed by atoms with Gasteiger partial charge in [0.05, 0.1) is 6.33 Å². The fourth-order valence-electron chi connectivity index (χ4n) is 4.92. The molecule has 38 heavy (non-hydrogen) atoms. The molecule has 3 aromatic rings. The van der Waals surface area contributed by atoms with Crippen molar-refractivity contribution in [3.63, 3.8) is 0 Å². The molecule has 1 atom stereocenters. The SMILES string of the molecule is CSCC[C@@](NC(=O)c1sc(/C=C/Cn2ccnc2)cc1-c1ccc(F)cc1)(C(=O)O)C1CCN(C)CC1. The molecule has 1 aliphatic rings.